The number of hydrogen-bond donors (Lipinski definition) is 0. The van der Waals surface area contributed by atoms with Crippen LogP contribution in [0.2, 0.25) is 0 Å². The number of carbonyl (C=O) groups excluding carboxylic acids is 3. The van der Waals surface area contributed by atoms with E-state index in [0.29, 0.717) is 19.3 Å². The molecule has 0 N–H and O–H groups in total. The third-order valence-electron chi connectivity index (χ3n) is 12.2. The average Bonchev–Trinajstić information content (AvgIpc) is 3.38. The molecule has 6 nitrogen and oxygen atoms in total. The maximum Gasteiger partial charge on any atom is 0.306 e. The smallest absolute Gasteiger partial charge is 0.306 e. The van der Waals surface area contributed by atoms with Gasteiger partial charge in [-0.25, -0.2) is 0 Å². The van der Waals surface area contributed by atoms with Crippen LogP contribution in [0.4, 0.5) is 0 Å². The van der Waals surface area contributed by atoms with Gasteiger partial charge in [-0.2, -0.15) is 0 Å². The summed E-state index contributed by atoms with van der Waals surface area (Å²) in [6.07, 6.45) is 81.9. The van der Waals surface area contributed by atoms with E-state index < -0.39 is 6.10 Å². The van der Waals surface area contributed by atoms with Crippen LogP contribution in [0.1, 0.15) is 258 Å². The lowest BCUT2D eigenvalue weighted by molar-refractivity contribution is -0.167. The van der Waals surface area contributed by atoms with Crippen molar-refractivity contribution in [2.75, 3.05) is 13.2 Å². The molecule has 0 heterocycles. The number of carbonyl (C=O) groups is 3. The van der Waals surface area contributed by atoms with E-state index in [1.165, 1.54) is 70.6 Å². The summed E-state index contributed by atoms with van der Waals surface area (Å²) in [5.74, 6) is -0.936. The van der Waals surface area contributed by atoms with Crippen molar-refractivity contribution in [3.63, 3.8) is 0 Å². The Labute approximate surface area is 443 Å². The van der Waals surface area contributed by atoms with Gasteiger partial charge in [-0.05, 0) is 116 Å². The molecule has 0 aliphatic rings. The molecule has 408 valence electrons. The van der Waals surface area contributed by atoms with Crippen molar-refractivity contribution in [1.29, 1.82) is 0 Å². The third-order valence-corrected chi connectivity index (χ3v) is 12.2. The molecule has 0 aliphatic heterocycles. The van der Waals surface area contributed by atoms with Crippen LogP contribution in [0.5, 0.6) is 0 Å². The highest BCUT2D eigenvalue weighted by atomic mass is 16.6. The predicted molar refractivity (Wildman–Crippen MR) is 311 cm³/mol. The zero-order chi connectivity index (χ0) is 52.2. The monoisotopic (exact) mass is 997 g/mol. The van der Waals surface area contributed by atoms with Gasteiger partial charge in [0.1, 0.15) is 13.2 Å². The zero-order valence-electron chi connectivity index (χ0n) is 46.7. The van der Waals surface area contributed by atoms with Gasteiger partial charge >= 0.3 is 17.9 Å². The topological polar surface area (TPSA) is 78.9 Å². The van der Waals surface area contributed by atoms with Crippen molar-refractivity contribution in [2.45, 2.75) is 264 Å². The Morgan fingerprint density at radius 3 is 0.875 bits per heavy atom. The van der Waals surface area contributed by atoms with Crippen LogP contribution in [0.15, 0.2) is 122 Å². The fraction of sp³-hybridized carbons (Fsp3) is 0.652. The molecule has 0 bridgehead atoms. The third kappa shape index (κ3) is 56.7. The summed E-state index contributed by atoms with van der Waals surface area (Å²) in [5, 5.41) is 0. The molecule has 0 aromatic rings. The molecule has 72 heavy (non-hydrogen) atoms. The van der Waals surface area contributed by atoms with Gasteiger partial charge in [-0.3, -0.25) is 14.4 Å². The highest BCUT2D eigenvalue weighted by molar-refractivity contribution is 5.71. The van der Waals surface area contributed by atoms with E-state index in [-0.39, 0.29) is 31.1 Å². The molecule has 0 saturated carbocycles. The lowest BCUT2D eigenvalue weighted by Gasteiger charge is -2.18. The van der Waals surface area contributed by atoms with E-state index in [1.807, 2.05) is 0 Å². The summed E-state index contributed by atoms with van der Waals surface area (Å²) in [4.78, 5) is 38.1. The molecule has 0 amide bonds. The molecule has 0 radical (unpaired) electrons. The van der Waals surface area contributed by atoms with Crippen LogP contribution >= 0.6 is 0 Å². The second-order valence-corrected chi connectivity index (χ2v) is 19.2. The normalized spacial score (nSPS) is 13.0. The standard InChI is InChI=1S/C66H108O6/c1-4-7-10-13-16-19-22-24-26-27-28-29-30-31-32-33-34-35-36-37-38-39-41-42-44-47-50-53-56-59-65(68)71-62-63(61-70-64(67)58-55-52-49-46-21-18-15-12-9-6-3)72-66(69)60-57-54-51-48-45-43-40-25-23-20-17-14-11-8-5-2/h7,10,16-17,19-20,24-26,28-29,31-32,34-35,37-38,40-42,63H,4-6,8-9,11-15,18,21-23,27,30,33,36,39,43-62H2,1-3H3/b10-7-,19-16-,20-17-,26-24-,29-28-,32-31-,35-34-,38-37-,40-25-,42-41-. The average molecular weight is 998 g/mol. The fourth-order valence-electron chi connectivity index (χ4n) is 7.78. The second-order valence-electron chi connectivity index (χ2n) is 19.2. The molecular formula is C66H108O6. The van der Waals surface area contributed by atoms with Crippen molar-refractivity contribution in [3.8, 4) is 0 Å². The van der Waals surface area contributed by atoms with Gasteiger partial charge in [0.2, 0.25) is 0 Å². The Morgan fingerprint density at radius 2 is 0.542 bits per heavy atom. The summed E-state index contributed by atoms with van der Waals surface area (Å²) >= 11 is 0. The Bertz CT molecular complexity index is 1520. The lowest BCUT2D eigenvalue weighted by Crippen LogP contribution is -2.30. The SMILES string of the molecule is CC/C=C\C/C=C\C/C=C\C/C=C\C/C=C\C/C=C\C/C=C\C/C=C\CCCCCCC(=O)OCC(COC(=O)CCCCCCCCCCCC)OC(=O)CCCCCCC/C=C\C/C=C\CCCCC. The van der Waals surface area contributed by atoms with Gasteiger partial charge in [-0.1, -0.05) is 245 Å². The minimum absolute atomic E-state index is 0.0927. The van der Waals surface area contributed by atoms with E-state index >= 15 is 0 Å². The number of hydrogen-bond acceptors (Lipinski definition) is 6. The summed E-state index contributed by atoms with van der Waals surface area (Å²) < 4.78 is 16.8. The molecular weight excluding hydrogens is 889 g/mol. The molecule has 0 spiro atoms. The van der Waals surface area contributed by atoms with Gasteiger partial charge in [0.05, 0.1) is 0 Å². The molecule has 1 unspecified atom stereocenters. The minimum atomic E-state index is -0.797. The van der Waals surface area contributed by atoms with Gasteiger partial charge in [0, 0.05) is 19.3 Å². The highest BCUT2D eigenvalue weighted by Crippen LogP contribution is 2.14. The van der Waals surface area contributed by atoms with E-state index in [2.05, 4.69) is 142 Å². The number of unbranched alkanes of at least 4 members (excludes halogenated alkanes) is 21. The summed E-state index contributed by atoms with van der Waals surface area (Å²) in [6.45, 7) is 6.45. The molecule has 6 heteroatoms. The molecule has 0 saturated heterocycles. The Morgan fingerprint density at radius 1 is 0.292 bits per heavy atom. The van der Waals surface area contributed by atoms with Gasteiger partial charge in [-0.15, -0.1) is 0 Å². The summed E-state index contributed by atoms with van der Waals surface area (Å²) in [5.41, 5.74) is 0. The lowest BCUT2D eigenvalue weighted by atomic mass is 10.1. The largest absolute Gasteiger partial charge is 0.462 e. The first-order valence-electron chi connectivity index (χ1n) is 29.5. The van der Waals surface area contributed by atoms with E-state index in [1.54, 1.807) is 0 Å². The maximum absolute atomic E-state index is 12.8. The number of rotatable bonds is 52. The molecule has 0 aliphatic carbocycles. The summed E-state index contributed by atoms with van der Waals surface area (Å²) in [7, 11) is 0. The molecule has 1 atom stereocenters. The maximum atomic E-state index is 12.8. The first kappa shape index (κ1) is 67.8. The fourth-order valence-corrected chi connectivity index (χ4v) is 7.78. The number of allylic oxidation sites excluding steroid dienone is 20. The first-order valence-corrected chi connectivity index (χ1v) is 29.5. The van der Waals surface area contributed by atoms with Crippen LogP contribution in [0, 0.1) is 0 Å². The minimum Gasteiger partial charge on any atom is -0.462 e. The quantitative estimate of drug-likeness (QED) is 0.0261. The Kier molecular flexibility index (Phi) is 55.9. The molecule has 0 aromatic heterocycles. The highest BCUT2D eigenvalue weighted by Gasteiger charge is 2.19. The summed E-state index contributed by atoms with van der Waals surface area (Å²) in [6, 6.07) is 0. The van der Waals surface area contributed by atoms with Crippen LogP contribution in [-0.4, -0.2) is 37.2 Å². The molecule has 0 fully saturated rings. The van der Waals surface area contributed by atoms with Gasteiger partial charge in [0.15, 0.2) is 6.10 Å². The van der Waals surface area contributed by atoms with Crippen molar-refractivity contribution in [1.82, 2.24) is 0 Å². The predicted octanol–water partition coefficient (Wildman–Crippen LogP) is 20.0. The van der Waals surface area contributed by atoms with E-state index in [9.17, 15) is 14.4 Å². The van der Waals surface area contributed by atoms with Crippen molar-refractivity contribution in [2.24, 2.45) is 0 Å². The van der Waals surface area contributed by atoms with Crippen LogP contribution in [-0.2, 0) is 28.6 Å². The Balaban J connectivity index is 4.34. The molecule has 0 rings (SSSR count). The number of esters is 3. The van der Waals surface area contributed by atoms with Crippen molar-refractivity contribution >= 4 is 17.9 Å². The Hall–Kier alpha value is -4.19. The van der Waals surface area contributed by atoms with Gasteiger partial charge < -0.3 is 14.2 Å². The van der Waals surface area contributed by atoms with Crippen molar-refractivity contribution < 1.29 is 28.6 Å². The second kappa shape index (κ2) is 59.4. The number of ether oxygens (including phenoxy) is 3. The zero-order valence-corrected chi connectivity index (χ0v) is 46.7. The van der Waals surface area contributed by atoms with Crippen LogP contribution < -0.4 is 0 Å². The van der Waals surface area contributed by atoms with Crippen LogP contribution in [0.3, 0.4) is 0 Å². The molecule has 0 aromatic carbocycles. The van der Waals surface area contributed by atoms with E-state index in [0.717, 1.165) is 148 Å². The van der Waals surface area contributed by atoms with Gasteiger partial charge in [0.25, 0.3) is 0 Å². The van der Waals surface area contributed by atoms with E-state index in [4.69, 9.17) is 14.2 Å². The van der Waals surface area contributed by atoms with Crippen LogP contribution in [0.25, 0.3) is 0 Å². The first-order chi connectivity index (χ1) is 35.5. The van der Waals surface area contributed by atoms with Crippen molar-refractivity contribution in [3.05, 3.63) is 122 Å².